The molecule has 2 aromatic heterocycles. The maximum atomic E-state index is 9.13. The van der Waals surface area contributed by atoms with E-state index in [1.54, 1.807) is 6.26 Å². The predicted octanol–water partition coefficient (Wildman–Crippen LogP) is 3.38. The first-order valence-electron chi connectivity index (χ1n) is 8.40. The number of aliphatic hydroxyl groups is 1. The summed E-state index contributed by atoms with van der Waals surface area (Å²) in [5.74, 6) is 0.641. The van der Waals surface area contributed by atoms with Crippen LogP contribution in [0, 0.1) is 27.7 Å². The van der Waals surface area contributed by atoms with Crippen molar-refractivity contribution >= 4 is 5.69 Å². The average molecular weight is 340 g/mol. The van der Waals surface area contributed by atoms with Crippen LogP contribution in [0.15, 0.2) is 28.9 Å². The van der Waals surface area contributed by atoms with Crippen molar-refractivity contribution in [2.75, 3.05) is 11.9 Å². The lowest BCUT2D eigenvalue weighted by Gasteiger charge is -2.10. The minimum atomic E-state index is 0.0890. The molecule has 0 unspecified atom stereocenters. The van der Waals surface area contributed by atoms with Gasteiger partial charge in [-0.25, -0.2) is 4.98 Å². The van der Waals surface area contributed by atoms with Gasteiger partial charge in [-0.1, -0.05) is 6.07 Å². The number of hydrogen-bond acceptors (Lipinski definition) is 5. The highest BCUT2D eigenvalue weighted by Gasteiger charge is 2.12. The molecular formula is C19H24N4O2. The molecule has 0 saturated carbocycles. The number of rotatable bonds is 6. The molecule has 0 atom stereocenters. The van der Waals surface area contributed by atoms with E-state index in [0.717, 1.165) is 39.5 Å². The standard InChI is InChI=1S/C19H24N4O2/c1-12-5-6-16(9-17(12)19-21-13(2)11-25-19)20-10-18-14(3)22-23(7-8-24)15(18)4/h5-6,9,11,20,24H,7-8,10H2,1-4H3. The third-order valence-electron chi connectivity index (χ3n) is 4.40. The van der Waals surface area contributed by atoms with Crippen LogP contribution in [0.5, 0.6) is 0 Å². The maximum Gasteiger partial charge on any atom is 0.226 e. The van der Waals surface area contributed by atoms with E-state index in [2.05, 4.69) is 33.6 Å². The van der Waals surface area contributed by atoms with Crippen molar-refractivity contribution in [1.29, 1.82) is 0 Å². The zero-order chi connectivity index (χ0) is 18.0. The number of anilines is 1. The monoisotopic (exact) mass is 340 g/mol. The van der Waals surface area contributed by atoms with Crippen LogP contribution in [0.4, 0.5) is 5.69 Å². The predicted molar refractivity (Wildman–Crippen MR) is 97.5 cm³/mol. The molecule has 0 aliphatic heterocycles. The van der Waals surface area contributed by atoms with Gasteiger partial charge in [0.15, 0.2) is 0 Å². The summed E-state index contributed by atoms with van der Waals surface area (Å²) >= 11 is 0. The van der Waals surface area contributed by atoms with Crippen LogP contribution in [0.2, 0.25) is 0 Å². The number of aryl methyl sites for hydroxylation is 3. The molecule has 0 saturated heterocycles. The normalized spacial score (nSPS) is 11.1. The van der Waals surface area contributed by atoms with Crippen LogP contribution in [-0.4, -0.2) is 26.5 Å². The highest BCUT2D eigenvalue weighted by Crippen LogP contribution is 2.26. The molecule has 2 N–H and O–H groups in total. The van der Waals surface area contributed by atoms with Gasteiger partial charge in [-0.05, 0) is 45.4 Å². The van der Waals surface area contributed by atoms with Crippen LogP contribution in [0.1, 0.15) is 28.2 Å². The molecule has 6 heteroatoms. The second kappa shape index (κ2) is 7.11. The third kappa shape index (κ3) is 3.58. The summed E-state index contributed by atoms with van der Waals surface area (Å²) in [7, 11) is 0. The van der Waals surface area contributed by atoms with Crippen LogP contribution in [0.3, 0.4) is 0 Å². The van der Waals surface area contributed by atoms with Crippen molar-refractivity contribution in [2.24, 2.45) is 0 Å². The Hall–Kier alpha value is -2.60. The molecular weight excluding hydrogens is 316 g/mol. The molecule has 3 aromatic rings. The highest BCUT2D eigenvalue weighted by atomic mass is 16.3. The lowest BCUT2D eigenvalue weighted by Crippen LogP contribution is -2.07. The first-order chi connectivity index (χ1) is 12.0. The smallest absolute Gasteiger partial charge is 0.226 e. The van der Waals surface area contributed by atoms with Crippen molar-refractivity contribution in [3.63, 3.8) is 0 Å². The lowest BCUT2D eigenvalue weighted by atomic mass is 10.1. The number of hydrogen-bond donors (Lipinski definition) is 2. The fourth-order valence-electron chi connectivity index (χ4n) is 2.93. The van der Waals surface area contributed by atoms with Crippen molar-refractivity contribution in [2.45, 2.75) is 40.8 Å². The largest absolute Gasteiger partial charge is 0.444 e. The van der Waals surface area contributed by atoms with Gasteiger partial charge in [-0.3, -0.25) is 4.68 Å². The van der Waals surface area contributed by atoms with E-state index in [1.807, 2.05) is 32.4 Å². The Morgan fingerprint density at radius 3 is 2.68 bits per heavy atom. The van der Waals surface area contributed by atoms with Crippen LogP contribution < -0.4 is 5.32 Å². The van der Waals surface area contributed by atoms with Crippen molar-refractivity contribution < 1.29 is 9.52 Å². The number of aromatic nitrogens is 3. The summed E-state index contributed by atoms with van der Waals surface area (Å²) in [6.45, 7) is 9.27. The van der Waals surface area contributed by atoms with Crippen LogP contribution in [0.25, 0.3) is 11.5 Å². The molecule has 2 heterocycles. The van der Waals surface area contributed by atoms with Gasteiger partial charge in [0, 0.05) is 29.1 Å². The van der Waals surface area contributed by atoms with Crippen molar-refractivity contribution in [3.8, 4) is 11.5 Å². The fraction of sp³-hybridized carbons (Fsp3) is 0.368. The molecule has 0 spiro atoms. The molecule has 0 amide bonds. The van der Waals surface area contributed by atoms with Gasteiger partial charge in [-0.15, -0.1) is 0 Å². The van der Waals surface area contributed by atoms with E-state index in [0.29, 0.717) is 19.0 Å². The molecule has 0 radical (unpaired) electrons. The topological polar surface area (TPSA) is 76.1 Å². The third-order valence-corrected chi connectivity index (χ3v) is 4.40. The van der Waals surface area contributed by atoms with Crippen molar-refractivity contribution in [3.05, 3.63) is 52.7 Å². The molecule has 0 aliphatic carbocycles. The summed E-state index contributed by atoms with van der Waals surface area (Å²) in [4.78, 5) is 4.42. The molecule has 25 heavy (non-hydrogen) atoms. The van der Waals surface area contributed by atoms with E-state index >= 15 is 0 Å². The molecule has 3 rings (SSSR count). The summed E-state index contributed by atoms with van der Waals surface area (Å²) in [6, 6.07) is 6.17. The number of oxazole rings is 1. The fourth-order valence-corrected chi connectivity index (χ4v) is 2.93. The van der Waals surface area contributed by atoms with E-state index in [4.69, 9.17) is 9.52 Å². The highest BCUT2D eigenvalue weighted by molar-refractivity contribution is 5.65. The summed E-state index contributed by atoms with van der Waals surface area (Å²) in [5, 5.41) is 17.1. The van der Waals surface area contributed by atoms with Crippen LogP contribution in [-0.2, 0) is 13.1 Å². The molecule has 1 aromatic carbocycles. The Labute approximate surface area is 147 Å². The molecule has 0 bridgehead atoms. The Kier molecular flexibility index (Phi) is 4.90. The van der Waals surface area contributed by atoms with Gasteiger partial charge in [-0.2, -0.15) is 5.10 Å². The minimum absolute atomic E-state index is 0.0890. The zero-order valence-electron chi connectivity index (χ0n) is 15.1. The van der Waals surface area contributed by atoms with Gasteiger partial charge >= 0.3 is 0 Å². The summed E-state index contributed by atoms with van der Waals surface area (Å²) in [6.07, 6.45) is 1.66. The Morgan fingerprint density at radius 1 is 1.20 bits per heavy atom. The molecule has 6 nitrogen and oxygen atoms in total. The Balaban J connectivity index is 1.80. The van der Waals surface area contributed by atoms with Gasteiger partial charge in [0.25, 0.3) is 0 Å². The van der Waals surface area contributed by atoms with Gasteiger partial charge < -0.3 is 14.8 Å². The van der Waals surface area contributed by atoms with Crippen LogP contribution >= 0.6 is 0 Å². The van der Waals surface area contributed by atoms with Gasteiger partial charge in [0.2, 0.25) is 5.89 Å². The van der Waals surface area contributed by atoms with Crippen molar-refractivity contribution in [1.82, 2.24) is 14.8 Å². The Bertz CT molecular complexity index is 880. The zero-order valence-corrected chi connectivity index (χ0v) is 15.1. The van der Waals surface area contributed by atoms with E-state index in [1.165, 1.54) is 0 Å². The SMILES string of the molecule is Cc1coc(-c2cc(NCc3c(C)nn(CCO)c3C)ccc2C)n1. The first-order valence-corrected chi connectivity index (χ1v) is 8.40. The molecule has 0 fully saturated rings. The number of nitrogens with zero attached hydrogens (tertiary/aromatic N) is 3. The van der Waals surface area contributed by atoms with E-state index < -0.39 is 0 Å². The first kappa shape index (κ1) is 17.2. The quantitative estimate of drug-likeness (QED) is 0.719. The lowest BCUT2D eigenvalue weighted by molar-refractivity contribution is 0.268. The summed E-state index contributed by atoms with van der Waals surface area (Å²) in [5.41, 5.74) is 7.20. The number of benzene rings is 1. The van der Waals surface area contributed by atoms with E-state index in [-0.39, 0.29) is 6.61 Å². The second-order valence-corrected chi connectivity index (χ2v) is 6.27. The number of aliphatic hydroxyl groups excluding tert-OH is 1. The number of nitrogens with one attached hydrogen (secondary N) is 1. The summed E-state index contributed by atoms with van der Waals surface area (Å²) < 4.78 is 7.39. The Morgan fingerprint density at radius 2 is 2.00 bits per heavy atom. The molecule has 132 valence electrons. The van der Waals surface area contributed by atoms with Gasteiger partial charge in [0.1, 0.15) is 6.26 Å². The molecule has 0 aliphatic rings. The van der Waals surface area contributed by atoms with Gasteiger partial charge in [0.05, 0.1) is 24.5 Å². The van der Waals surface area contributed by atoms with E-state index in [9.17, 15) is 0 Å². The second-order valence-electron chi connectivity index (χ2n) is 6.27. The minimum Gasteiger partial charge on any atom is -0.444 e. The average Bonchev–Trinajstić information content (AvgIpc) is 3.12. The maximum absolute atomic E-state index is 9.13.